The van der Waals surface area contributed by atoms with E-state index in [0.29, 0.717) is 23.0 Å². The summed E-state index contributed by atoms with van der Waals surface area (Å²) in [6, 6.07) is 0. The molecule has 6 atom stereocenters. The summed E-state index contributed by atoms with van der Waals surface area (Å²) in [5, 5.41) is 0. The molecule has 0 radical (unpaired) electrons. The predicted octanol–water partition coefficient (Wildman–Crippen LogP) is 4.59. The predicted molar refractivity (Wildman–Crippen MR) is 100 cm³/mol. The zero-order valence-electron chi connectivity index (χ0n) is 16.2. The molecule has 3 saturated carbocycles. The zero-order chi connectivity index (χ0) is 18.8. The highest BCUT2D eigenvalue weighted by Crippen LogP contribution is 2.50. The number of fused-ring (bicyclic) bond motifs is 2. The van der Waals surface area contributed by atoms with Gasteiger partial charge in [-0.25, -0.2) is 9.59 Å². The number of carbonyl (C=O) groups excluding carboxylic acids is 2. The SMILES string of the molecule is C=C(C)C(=O)OC1CCC2CC3CC(OC(=O)C(=C)C)CCC3CC2C1. The molecule has 0 saturated heterocycles. The summed E-state index contributed by atoms with van der Waals surface area (Å²) >= 11 is 0. The van der Waals surface area contributed by atoms with Crippen LogP contribution < -0.4 is 0 Å². The second-order valence-electron chi connectivity index (χ2n) is 8.75. The fourth-order valence-corrected chi connectivity index (χ4v) is 5.26. The molecule has 0 bridgehead atoms. The molecule has 0 aliphatic heterocycles. The Morgan fingerprint density at radius 1 is 0.654 bits per heavy atom. The molecular weight excluding hydrogens is 328 g/mol. The first kappa shape index (κ1) is 19.2. The van der Waals surface area contributed by atoms with Crippen LogP contribution in [0.1, 0.15) is 65.2 Å². The summed E-state index contributed by atoms with van der Waals surface area (Å²) in [6.45, 7) is 10.8. The molecule has 0 aromatic heterocycles. The Kier molecular flexibility index (Phi) is 5.89. The molecule has 3 aliphatic rings. The van der Waals surface area contributed by atoms with Gasteiger partial charge < -0.3 is 9.47 Å². The van der Waals surface area contributed by atoms with Crippen LogP contribution in [0.4, 0.5) is 0 Å². The van der Waals surface area contributed by atoms with Gasteiger partial charge in [-0.1, -0.05) is 13.2 Å². The molecule has 3 fully saturated rings. The molecule has 0 heterocycles. The summed E-state index contributed by atoms with van der Waals surface area (Å²) in [5.41, 5.74) is 0.969. The first-order valence-electron chi connectivity index (χ1n) is 10.1. The van der Waals surface area contributed by atoms with E-state index >= 15 is 0 Å². The number of hydrogen-bond donors (Lipinski definition) is 0. The van der Waals surface area contributed by atoms with Gasteiger partial charge in [0.2, 0.25) is 0 Å². The van der Waals surface area contributed by atoms with Gasteiger partial charge in [0.1, 0.15) is 12.2 Å². The maximum Gasteiger partial charge on any atom is 0.333 e. The van der Waals surface area contributed by atoms with E-state index < -0.39 is 0 Å². The molecule has 0 aromatic carbocycles. The van der Waals surface area contributed by atoms with Crippen LogP contribution in [0.15, 0.2) is 24.3 Å². The van der Waals surface area contributed by atoms with Crippen LogP contribution in [-0.4, -0.2) is 24.1 Å². The third-order valence-electron chi connectivity index (χ3n) is 6.64. The van der Waals surface area contributed by atoms with Crippen molar-refractivity contribution < 1.29 is 19.1 Å². The van der Waals surface area contributed by atoms with Crippen LogP contribution >= 0.6 is 0 Å². The van der Waals surface area contributed by atoms with Gasteiger partial charge in [-0.2, -0.15) is 0 Å². The fourth-order valence-electron chi connectivity index (χ4n) is 5.26. The summed E-state index contributed by atoms with van der Waals surface area (Å²) in [7, 11) is 0. The smallest absolute Gasteiger partial charge is 0.333 e. The van der Waals surface area contributed by atoms with Gasteiger partial charge in [-0.15, -0.1) is 0 Å². The summed E-state index contributed by atoms with van der Waals surface area (Å²) in [5.74, 6) is 2.30. The minimum absolute atomic E-state index is 0.0601. The molecule has 6 unspecified atom stereocenters. The molecule has 26 heavy (non-hydrogen) atoms. The number of esters is 2. The molecule has 0 aromatic rings. The van der Waals surface area contributed by atoms with Gasteiger partial charge in [-0.3, -0.25) is 0 Å². The van der Waals surface area contributed by atoms with E-state index in [1.54, 1.807) is 13.8 Å². The summed E-state index contributed by atoms with van der Waals surface area (Å²) < 4.78 is 11.2. The largest absolute Gasteiger partial charge is 0.459 e. The van der Waals surface area contributed by atoms with Crippen LogP contribution in [0, 0.1) is 23.7 Å². The Morgan fingerprint density at radius 2 is 1.04 bits per heavy atom. The van der Waals surface area contributed by atoms with E-state index in [9.17, 15) is 9.59 Å². The zero-order valence-corrected chi connectivity index (χ0v) is 16.2. The summed E-state index contributed by atoms with van der Waals surface area (Å²) in [4.78, 5) is 23.6. The Morgan fingerprint density at radius 3 is 1.38 bits per heavy atom. The molecule has 3 aliphatic carbocycles. The number of carbonyl (C=O) groups is 2. The lowest BCUT2D eigenvalue weighted by Crippen LogP contribution is -2.42. The summed E-state index contributed by atoms with van der Waals surface area (Å²) in [6.07, 6.45) is 8.79. The van der Waals surface area contributed by atoms with E-state index in [4.69, 9.17) is 9.47 Å². The molecule has 3 rings (SSSR count). The van der Waals surface area contributed by atoms with Gasteiger partial charge in [0, 0.05) is 11.1 Å². The van der Waals surface area contributed by atoms with Crippen LogP contribution in [0.25, 0.3) is 0 Å². The third kappa shape index (κ3) is 4.39. The quantitative estimate of drug-likeness (QED) is 0.543. The van der Waals surface area contributed by atoms with Gasteiger partial charge in [0.15, 0.2) is 0 Å². The van der Waals surface area contributed by atoms with Gasteiger partial charge in [-0.05, 0) is 88.9 Å². The minimum atomic E-state index is -0.248. The molecule has 0 amide bonds. The average molecular weight is 360 g/mol. The van der Waals surface area contributed by atoms with E-state index in [0.717, 1.165) is 50.4 Å². The van der Waals surface area contributed by atoms with Crippen LogP contribution in [0.3, 0.4) is 0 Å². The van der Waals surface area contributed by atoms with Gasteiger partial charge in [0.25, 0.3) is 0 Å². The maximum atomic E-state index is 11.8. The topological polar surface area (TPSA) is 52.6 Å². The van der Waals surface area contributed by atoms with Gasteiger partial charge >= 0.3 is 11.9 Å². The molecule has 4 nitrogen and oxygen atoms in total. The Bertz CT molecular complexity index is 541. The molecular formula is C22H32O4. The van der Waals surface area contributed by atoms with Crippen molar-refractivity contribution in [1.82, 2.24) is 0 Å². The molecule has 0 N–H and O–H groups in total. The first-order valence-corrected chi connectivity index (χ1v) is 10.1. The van der Waals surface area contributed by atoms with E-state index in [2.05, 4.69) is 13.2 Å². The average Bonchev–Trinajstić information content (AvgIpc) is 2.59. The highest BCUT2D eigenvalue weighted by atomic mass is 16.5. The highest BCUT2D eigenvalue weighted by molar-refractivity contribution is 5.87. The normalized spacial score (nSPS) is 36.2. The van der Waals surface area contributed by atoms with Crippen molar-refractivity contribution in [2.24, 2.45) is 23.7 Å². The lowest BCUT2D eigenvalue weighted by atomic mass is 9.59. The Balaban J connectivity index is 1.53. The number of rotatable bonds is 4. The number of ether oxygens (including phenoxy) is 2. The first-order chi connectivity index (χ1) is 12.3. The van der Waals surface area contributed by atoms with E-state index in [1.807, 2.05) is 0 Å². The molecule has 4 heteroatoms. The second kappa shape index (κ2) is 7.98. The van der Waals surface area contributed by atoms with Crippen molar-refractivity contribution in [3.8, 4) is 0 Å². The molecule has 0 spiro atoms. The Hall–Kier alpha value is -1.58. The van der Waals surface area contributed by atoms with Crippen molar-refractivity contribution in [3.63, 3.8) is 0 Å². The second-order valence-corrected chi connectivity index (χ2v) is 8.75. The van der Waals surface area contributed by atoms with Crippen LogP contribution in [0.5, 0.6) is 0 Å². The standard InChI is InChI=1S/C22H32O4/c1-13(2)21(23)25-19-7-5-15-10-18-12-20(26-22(24)14(3)4)8-6-16(18)9-17(15)11-19/h15-20H,1,3,5-12H2,2,4H3. The monoisotopic (exact) mass is 360 g/mol. The highest BCUT2D eigenvalue weighted by Gasteiger charge is 2.43. The van der Waals surface area contributed by atoms with Crippen molar-refractivity contribution in [3.05, 3.63) is 24.3 Å². The van der Waals surface area contributed by atoms with Crippen molar-refractivity contribution in [2.45, 2.75) is 77.4 Å². The lowest BCUT2D eigenvalue weighted by Gasteiger charge is -2.48. The Labute approximate surface area is 157 Å². The fraction of sp³-hybridized carbons (Fsp3) is 0.727. The maximum absolute atomic E-state index is 11.8. The van der Waals surface area contributed by atoms with Gasteiger partial charge in [0.05, 0.1) is 0 Å². The third-order valence-corrected chi connectivity index (χ3v) is 6.64. The van der Waals surface area contributed by atoms with E-state index in [1.165, 1.54) is 12.8 Å². The van der Waals surface area contributed by atoms with E-state index in [-0.39, 0.29) is 24.1 Å². The lowest BCUT2D eigenvalue weighted by molar-refractivity contribution is -0.151. The van der Waals surface area contributed by atoms with Crippen molar-refractivity contribution in [1.29, 1.82) is 0 Å². The molecule has 144 valence electrons. The van der Waals surface area contributed by atoms with Crippen molar-refractivity contribution in [2.75, 3.05) is 0 Å². The van der Waals surface area contributed by atoms with Crippen molar-refractivity contribution >= 4 is 11.9 Å². The van der Waals surface area contributed by atoms with Crippen LogP contribution in [-0.2, 0) is 19.1 Å². The van der Waals surface area contributed by atoms with Crippen LogP contribution in [0.2, 0.25) is 0 Å². The minimum Gasteiger partial charge on any atom is -0.459 e. The number of hydrogen-bond acceptors (Lipinski definition) is 4.